The summed E-state index contributed by atoms with van der Waals surface area (Å²) in [4.78, 5) is 6.77. The number of nitrogens with zero attached hydrogens (tertiary/aromatic N) is 2. The Hall–Kier alpha value is -2.57. The lowest BCUT2D eigenvalue weighted by molar-refractivity contribution is 0.0322. The van der Waals surface area contributed by atoms with Crippen molar-refractivity contribution in [3.05, 3.63) is 59.7 Å². The van der Waals surface area contributed by atoms with Gasteiger partial charge in [-0.3, -0.25) is 4.90 Å². The maximum absolute atomic E-state index is 5.98. The molecule has 0 aromatic heterocycles. The SMILES string of the molecule is Cc1ccc(NC(N)=NCc2cccc(OCCN3CCOCC3)c2)cc1. The number of anilines is 1. The van der Waals surface area contributed by atoms with Crippen LogP contribution in [0.2, 0.25) is 0 Å². The summed E-state index contributed by atoms with van der Waals surface area (Å²) < 4.78 is 11.2. The van der Waals surface area contributed by atoms with Crippen LogP contribution in [-0.2, 0) is 11.3 Å². The van der Waals surface area contributed by atoms with Gasteiger partial charge in [0, 0.05) is 25.3 Å². The fraction of sp³-hybridized carbons (Fsp3) is 0.381. The van der Waals surface area contributed by atoms with E-state index in [2.05, 4.69) is 22.1 Å². The van der Waals surface area contributed by atoms with Crippen molar-refractivity contribution in [2.45, 2.75) is 13.5 Å². The minimum Gasteiger partial charge on any atom is -0.492 e. The van der Waals surface area contributed by atoms with Crippen molar-refractivity contribution >= 4 is 11.6 Å². The van der Waals surface area contributed by atoms with E-state index in [-0.39, 0.29) is 0 Å². The Balaban J connectivity index is 1.46. The van der Waals surface area contributed by atoms with Crippen LogP contribution in [0.5, 0.6) is 5.75 Å². The number of morpholine rings is 1. The summed E-state index contributed by atoms with van der Waals surface area (Å²) in [6, 6.07) is 16.0. The van der Waals surface area contributed by atoms with Crippen molar-refractivity contribution in [2.75, 3.05) is 44.8 Å². The molecule has 2 aromatic carbocycles. The molecule has 0 radical (unpaired) electrons. The van der Waals surface area contributed by atoms with Crippen molar-refractivity contribution < 1.29 is 9.47 Å². The topological polar surface area (TPSA) is 72.1 Å². The smallest absolute Gasteiger partial charge is 0.193 e. The van der Waals surface area contributed by atoms with Crippen LogP contribution >= 0.6 is 0 Å². The minimum atomic E-state index is 0.400. The van der Waals surface area contributed by atoms with Crippen LogP contribution in [0.15, 0.2) is 53.5 Å². The van der Waals surface area contributed by atoms with Gasteiger partial charge in [-0.1, -0.05) is 29.8 Å². The first-order valence-corrected chi connectivity index (χ1v) is 9.34. The van der Waals surface area contributed by atoms with E-state index in [9.17, 15) is 0 Å². The highest BCUT2D eigenvalue weighted by Gasteiger charge is 2.09. The predicted octanol–water partition coefficient (Wildman–Crippen LogP) is 2.63. The quantitative estimate of drug-likeness (QED) is 0.581. The average Bonchev–Trinajstić information content (AvgIpc) is 2.69. The zero-order chi connectivity index (χ0) is 18.9. The monoisotopic (exact) mass is 368 g/mol. The molecule has 0 saturated carbocycles. The Morgan fingerprint density at radius 2 is 1.96 bits per heavy atom. The molecule has 0 atom stereocenters. The first-order valence-electron chi connectivity index (χ1n) is 9.34. The van der Waals surface area contributed by atoms with Gasteiger partial charge in [0.2, 0.25) is 0 Å². The largest absolute Gasteiger partial charge is 0.492 e. The number of hydrogen-bond acceptors (Lipinski definition) is 4. The number of nitrogens with one attached hydrogen (secondary N) is 1. The third kappa shape index (κ3) is 6.58. The van der Waals surface area contributed by atoms with Gasteiger partial charge in [-0.05, 0) is 36.8 Å². The zero-order valence-electron chi connectivity index (χ0n) is 15.9. The highest BCUT2D eigenvalue weighted by Crippen LogP contribution is 2.14. The third-order valence-corrected chi connectivity index (χ3v) is 4.43. The third-order valence-electron chi connectivity index (χ3n) is 4.43. The van der Waals surface area contributed by atoms with Gasteiger partial charge in [0.25, 0.3) is 0 Å². The number of benzene rings is 2. The second-order valence-corrected chi connectivity index (χ2v) is 6.64. The molecule has 1 aliphatic heterocycles. The summed E-state index contributed by atoms with van der Waals surface area (Å²) in [5, 5.41) is 3.11. The van der Waals surface area contributed by atoms with Crippen LogP contribution in [-0.4, -0.2) is 50.3 Å². The van der Waals surface area contributed by atoms with Crippen molar-refractivity contribution in [3.63, 3.8) is 0 Å². The standard InChI is InChI=1S/C21H28N4O2/c1-17-5-7-19(8-6-17)24-21(22)23-16-18-3-2-4-20(15-18)27-14-11-25-9-12-26-13-10-25/h2-8,15H,9-14,16H2,1H3,(H3,22,23,24). The predicted molar refractivity (Wildman–Crippen MR) is 109 cm³/mol. The number of rotatable bonds is 7. The van der Waals surface area contributed by atoms with Crippen molar-refractivity contribution in [2.24, 2.45) is 10.7 Å². The van der Waals surface area contributed by atoms with Crippen molar-refractivity contribution in [1.29, 1.82) is 0 Å². The molecular formula is C21H28N4O2. The highest BCUT2D eigenvalue weighted by molar-refractivity contribution is 5.92. The molecule has 1 heterocycles. The molecule has 0 aliphatic carbocycles. The number of hydrogen-bond donors (Lipinski definition) is 2. The summed E-state index contributed by atoms with van der Waals surface area (Å²) >= 11 is 0. The summed E-state index contributed by atoms with van der Waals surface area (Å²) in [5.74, 6) is 1.26. The lowest BCUT2D eigenvalue weighted by Crippen LogP contribution is -2.38. The van der Waals surface area contributed by atoms with Crippen LogP contribution < -0.4 is 15.8 Å². The van der Waals surface area contributed by atoms with Crippen LogP contribution in [0, 0.1) is 6.92 Å². The normalized spacial score (nSPS) is 15.5. The fourth-order valence-electron chi connectivity index (χ4n) is 2.85. The van der Waals surface area contributed by atoms with Gasteiger partial charge in [0.1, 0.15) is 12.4 Å². The Morgan fingerprint density at radius 1 is 1.19 bits per heavy atom. The number of aryl methyl sites for hydroxylation is 1. The Labute approximate surface area is 161 Å². The highest BCUT2D eigenvalue weighted by atomic mass is 16.5. The van der Waals surface area contributed by atoms with Gasteiger partial charge in [-0.25, -0.2) is 4.99 Å². The number of ether oxygens (including phenoxy) is 2. The van der Waals surface area contributed by atoms with Gasteiger partial charge in [0.05, 0.1) is 19.8 Å². The molecule has 6 heteroatoms. The molecule has 144 valence electrons. The van der Waals surface area contributed by atoms with E-state index in [0.717, 1.165) is 49.8 Å². The van der Waals surface area contributed by atoms with Gasteiger partial charge >= 0.3 is 0 Å². The number of nitrogens with two attached hydrogens (primary N) is 1. The van der Waals surface area contributed by atoms with Crippen molar-refractivity contribution in [3.8, 4) is 5.75 Å². The van der Waals surface area contributed by atoms with E-state index in [4.69, 9.17) is 15.2 Å². The van der Waals surface area contributed by atoms with E-state index >= 15 is 0 Å². The van der Waals surface area contributed by atoms with Crippen LogP contribution in [0.25, 0.3) is 0 Å². The second kappa shape index (κ2) is 9.94. The molecule has 2 aromatic rings. The lowest BCUT2D eigenvalue weighted by Gasteiger charge is -2.26. The lowest BCUT2D eigenvalue weighted by atomic mass is 10.2. The van der Waals surface area contributed by atoms with E-state index in [1.807, 2.05) is 48.5 Å². The first-order chi connectivity index (χ1) is 13.2. The molecule has 0 amide bonds. The molecule has 3 rings (SSSR count). The Bertz CT molecular complexity index is 740. The summed E-state index contributed by atoms with van der Waals surface area (Å²) in [5.41, 5.74) is 9.19. The summed E-state index contributed by atoms with van der Waals surface area (Å²) in [6.07, 6.45) is 0. The zero-order valence-corrected chi connectivity index (χ0v) is 15.9. The molecule has 1 fully saturated rings. The summed E-state index contributed by atoms with van der Waals surface area (Å²) in [6.45, 7) is 7.72. The maximum atomic E-state index is 5.98. The summed E-state index contributed by atoms with van der Waals surface area (Å²) in [7, 11) is 0. The first kappa shape index (κ1) is 19.2. The van der Waals surface area contributed by atoms with Crippen LogP contribution in [0.1, 0.15) is 11.1 Å². The molecule has 1 aliphatic rings. The molecule has 3 N–H and O–H groups in total. The Morgan fingerprint density at radius 3 is 2.74 bits per heavy atom. The van der Waals surface area contributed by atoms with Gasteiger partial charge in [0.15, 0.2) is 5.96 Å². The van der Waals surface area contributed by atoms with E-state index in [1.54, 1.807) is 0 Å². The van der Waals surface area contributed by atoms with Gasteiger partial charge < -0.3 is 20.5 Å². The molecule has 0 unspecified atom stereocenters. The number of guanidine groups is 1. The Kier molecular flexibility index (Phi) is 7.07. The van der Waals surface area contributed by atoms with Crippen LogP contribution in [0.4, 0.5) is 5.69 Å². The number of aliphatic imine (C=N–C) groups is 1. The van der Waals surface area contributed by atoms with Crippen molar-refractivity contribution in [1.82, 2.24) is 4.90 Å². The molecule has 0 spiro atoms. The second-order valence-electron chi connectivity index (χ2n) is 6.64. The fourth-order valence-corrected chi connectivity index (χ4v) is 2.85. The maximum Gasteiger partial charge on any atom is 0.193 e. The van der Waals surface area contributed by atoms with E-state index in [0.29, 0.717) is 19.1 Å². The minimum absolute atomic E-state index is 0.400. The van der Waals surface area contributed by atoms with E-state index < -0.39 is 0 Å². The molecule has 6 nitrogen and oxygen atoms in total. The van der Waals surface area contributed by atoms with Crippen LogP contribution in [0.3, 0.4) is 0 Å². The molecule has 27 heavy (non-hydrogen) atoms. The van der Waals surface area contributed by atoms with Gasteiger partial charge in [-0.15, -0.1) is 0 Å². The van der Waals surface area contributed by atoms with E-state index in [1.165, 1.54) is 5.56 Å². The van der Waals surface area contributed by atoms with Gasteiger partial charge in [-0.2, -0.15) is 0 Å². The molecule has 1 saturated heterocycles. The molecule has 0 bridgehead atoms. The average molecular weight is 368 g/mol. The molecular weight excluding hydrogens is 340 g/mol.